The van der Waals surface area contributed by atoms with Crippen LogP contribution in [0.4, 0.5) is 0 Å². The summed E-state index contributed by atoms with van der Waals surface area (Å²) in [7, 11) is 1.68. The van der Waals surface area contributed by atoms with Gasteiger partial charge in [-0.15, -0.1) is 5.10 Å². The van der Waals surface area contributed by atoms with Crippen LogP contribution in [0.2, 0.25) is 0 Å². The van der Waals surface area contributed by atoms with Gasteiger partial charge in [0.1, 0.15) is 11.5 Å². The lowest BCUT2D eigenvalue weighted by Crippen LogP contribution is -2.36. The molecule has 0 aliphatic rings. The van der Waals surface area contributed by atoms with E-state index in [4.69, 9.17) is 9.47 Å². The molecule has 1 N–H and O–H groups in total. The fraction of sp³-hybridized carbons (Fsp3) is 0.448. The summed E-state index contributed by atoms with van der Waals surface area (Å²) < 4.78 is 13.3. The molecule has 0 saturated carbocycles. The Balaban J connectivity index is 1.80. The molecule has 0 saturated heterocycles. The number of nitrogens with zero attached hydrogens (tertiary/aromatic N) is 5. The quantitative estimate of drug-likeness (QED) is 0.275. The van der Waals surface area contributed by atoms with Crippen LogP contribution >= 0.6 is 0 Å². The van der Waals surface area contributed by atoms with E-state index in [-0.39, 0.29) is 17.1 Å². The summed E-state index contributed by atoms with van der Waals surface area (Å²) in [4.78, 5) is 18.5. The number of para-hydroxylation sites is 1. The highest BCUT2D eigenvalue weighted by atomic mass is 16.5. The molecule has 9 heteroatoms. The van der Waals surface area contributed by atoms with Crippen molar-refractivity contribution in [3.63, 3.8) is 0 Å². The molecule has 38 heavy (non-hydrogen) atoms. The fourth-order valence-corrected chi connectivity index (χ4v) is 4.74. The summed E-state index contributed by atoms with van der Waals surface area (Å²) in [5, 5.41) is 13.8. The molecule has 2 aromatic heterocycles. The summed E-state index contributed by atoms with van der Waals surface area (Å²) in [5.41, 5.74) is 2.10. The van der Waals surface area contributed by atoms with Crippen molar-refractivity contribution >= 4 is 10.9 Å². The first-order valence-corrected chi connectivity index (χ1v) is 13.2. The highest BCUT2D eigenvalue weighted by Crippen LogP contribution is 2.32. The van der Waals surface area contributed by atoms with Gasteiger partial charge in [0, 0.05) is 35.1 Å². The zero-order valence-corrected chi connectivity index (χ0v) is 23.2. The van der Waals surface area contributed by atoms with Crippen LogP contribution in [-0.2, 0) is 18.6 Å². The molecule has 2 heterocycles. The van der Waals surface area contributed by atoms with Crippen molar-refractivity contribution in [2.75, 3.05) is 13.7 Å². The highest BCUT2D eigenvalue weighted by molar-refractivity contribution is 5.80. The molecule has 4 rings (SSSR count). The van der Waals surface area contributed by atoms with Crippen LogP contribution in [0.3, 0.4) is 0 Å². The minimum atomic E-state index is -0.252. The average Bonchev–Trinajstić information content (AvgIpc) is 3.41. The predicted molar refractivity (Wildman–Crippen MR) is 148 cm³/mol. The van der Waals surface area contributed by atoms with Crippen molar-refractivity contribution in [1.29, 1.82) is 0 Å². The zero-order chi connectivity index (χ0) is 27.3. The SMILES string of the molecule is CCOc1ccc2[nH]c(=O)c(CN(Cc3ccccc3OC)[C@H](CC)c3nnnn3C(C)(C)CC)cc2c1. The Kier molecular flexibility index (Phi) is 8.46. The van der Waals surface area contributed by atoms with E-state index in [0.29, 0.717) is 25.3 Å². The van der Waals surface area contributed by atoms with Crippen molar-refractivity contribution < 1.29 is 9.47 Å². The number of hydrogen-bond donors (Lipinski definition) is 1. The fourth-order valence-electron chi connectivity index (χ4n) is 4.74. The van der Waals surface area contributed by atoms with Crippen LogP contribution < -0.4 is 15.0 Å². The van der Waals surface area contributed by atoms with Gasteiger partial charge in [0.25, 0.3) is 5.56 Å². The number of fused-ring (bicyclic) bond motifs is 1. The Labute approximate surface area is 223 Å². The van der Waals surface area contributed by atoms with Crippen molar-refractivity contribution in [1.82, 2.24) is 30.1 Å². The van der Waals surface area contributed by atoms with Gasteiger partial charge in [-0.1, -0.05) is 32.0 Å². The third kappa shape index (κ3) is 5.72. The number of aromatic amines is 1. The Hall–Kier alpha value is -3.72. The van der Waals surface area contributed by atoms with Crippen molar-refractivity contribution in [3.05, 3.63) is 75.8 Å². The van der Waals surface area contributed by atoms with Gasteiger partial charge in [-0.2, -0.15) is 0 Å². The molecule has 2 aromatic carbocycles. The van der Waals surface area contributed by atoms with Crippen LogP contribution in [-0.4, -0.2) is 43.8 Å². The molecule has 0 spiro atoms. The first kappa shape index (κ1) is 27.3. The molecule has 1 atom stereocenters. The van der Waals surface area contributed by atoms with E-state index in [0.717, 1.165) is 46.6 Å². The molecular weight excluding hydrogens is 480 g/mol. The predicted octanol–water partition coefficient (Wildman–Crippen LogP) is 5.22. The number of benzene rings is 2. The maximum atomic E-state index is 13.2. The average molecular weight is 519 g/mol. The number of nitrogens with one attached hydrogen (secondary N) is 1. The van der Waals surface area contributed by atoms with Crippen molar-refractivity contribution in [3.8, 4) is 11.5 Å². The third-order valence-electron chi connectivity index (χ3n) is 7.20. The second-order valence-corrected chi connectivity index (χ2v) is 10.1. The van der Waals surface area contributed by atoms with Crippen LogP contribution in [0.15, 0.2) is 53.3 Å². The molecule has 0 radical (unpaired) electrons. The van der Waals surface area contributed by atoms with Gasteiger partial charge in [-0.25, -0.2) is 4.68 Å². The van der Waals surface area contributed by atoms with Crippen LogP contribution in [0.1, 0.15) is 70.5 Å². The Morgan fingerprint density at radius 3 is 2.53 bits per heavy atom. The molecular formula is C29H38N6O3. The number of aromatic nitrogens is 5. The van der Waals surface area contributed by atoms with E-state index in [1.807, 2.05) is 54.1 Å². The summed E-state index contributed by atoms with van der Waals surface area (Å²) in [5.74, 6) is 2.36. The maximum Gasteiger partial charge on any atom is 0.252 e. The number of tetrazole rings is 1. The third-order valence-corrected chi connectivity index (χ3v) is 7.20. The highest BCUT2D eigenvalue weighted by Gasteiger charge is 2.31. The molecule has 0 amide bonds. The normalized spacial score (nSPS) is 12.7. The van der Waals surface area contributed by atoms with Gasteiger partial charge < -0.3 is 14.5 Å². The number of methoxy groups -OCH3 is 1. The van der Waals surface area contributed by atoms with Crippen LogP contribution in [0, 0.1) is 0 Å². The number of hydrogen-bond acceptors (Lipinski definition) is 7. The molecule has 9 nitrogen and oxygen atoms in total. The van der Waals surface area contributed by atoms with E-state index in [9.17, 15) is 4.79 Å². The van der Waals surface area contributed by atoms with Gasteiger partial charge in [-0.3, -0.25) is 9.69 Å². The number of ether oxygens (including phenoxy) is 2. The summed E-state index contributed by atoms with van der Waals surface area (Å²) in [6.45, 7) is 12.0. The van der Waals surface area contributed by atoms with Gasteiger partial charge in [0.05, 0.1) is 25.3 Å². The minimum Gasteiger partial charge on any atom is -0.496 e. The smallest absolute Gasteiger partial charge is 0.252 e. The first-order valence-electron chi connectivity index (χ1n) is 13.2. The van der Waals surface area contributed by atoms with Gasteiger partial charge in [-0.05, 0) is 74.4 Å². The van der Waals surface area contributed by atoms with E-state index in [2.05, 4.69) is 59.2 Å². The second kappa shape index (κ2) is 11.8. The van der Waals surface area contributed by atoms with Crippen molar-refractivity contribution in [2.45, 2.75) is 72.1 Å². The van der Waals surface area contributed by atoms with E-state index >= 15 is 0 Å². The summed E-state index contributed by atoms with van der Waals surface area (Å²) in [6.07, 6.45) is 1.63. The Morgan fingerprint density at radius 1 is 1.05 bits per heavy atom. The van der Waals surface area contributed by atoms with E-state index in [1.165, 1.54) is 0 Å². The van der Waals surface area contributed by atoms with E-state index < -0.39 is 0 Å². The lowest BCUT2D eigenvalue weighted by atomic mass is 10.0. The Morgan fingerprint density at radius 2 is 1.82 bits per heavy atom. The minimum absolute atomic E-state index is 0.116. The summed E-state index contributed by atoms with van der Waals surface area (Å²) in [6, 6.07) is 15.5. The molecule has 0 bridgehead atoms. The summed E-state index contributed by atoms with van der Waals surface area (Å²) >= 11 is 0. The number of H-pyrrole nitrogens is 1. The number of rotatable bonds is 12. The number of pyridine rings is 1. The lowest BCUT2D eigenvalue weighted by Gasteiger charge is -2.33. The molecule has 0 unspecified atom stereocenters. The van der Waals surface area contributed by atoms with Crippen molar-refractivity contribution in [2.24, 2.45) is 0 Å². The molecule has 0 fully saturated rings. The monoisotopic (exact) mass is 518 g/mol. The second-order valence-electron chi connectivity index (χ2n) is 10.1. The van der Waals surface area contributed by atoms with Gasteiger partial charge >= 0.3 is 0 Å². The van der Waals surface area contributed by atoms with Gasteiger partial charge in [0.2, 0.25) is 0 Å². The first-order chi connectivity index (χ1) is 18.3. The molecule has 4 aromatic rings. The lowest BCUT2D eigenvalue weighted by molar-refractivity contribution is 0.149. The topological polar surface area (TPSA) is 98.2 Å². The molecule has 0 aliphatic carbocycles. The molecule has 0 aliphatic heterocycles. The standard InChI is InChI=1S/C29H38N6O3/c1-7-25(27-31-32-33-35(27)29(4,5)8-2)34(18-20-12-10-11-13-26(20)37-6)19-22-16-21-17-23(38-9-3)14-15-24(21)30-28(22)36/h10-17,25H,7-9,18-19H2,1-6H3,(H,30,36)/t25-/m1/s1. The maximum absolute atomic E-state index is 13.2. The van der Waals surface area contributed by atoms with E-state index in [1.54, 1.807) is 7.11 Å². The zero-order valence-electron chi connectivity index (χ0n) is 23.2. The van der Waals surface area contributed by atoms with Gasteiger partial charge in [0.15, 0.2) is 5.82 Å². The molecule has 202 valence electrons. The van der Waals surface area contributed by atoms with Crippen LogP contribution in [0.5, 0.6) is 11.5 Å². The Bertz CT molecular complexity index is 1430. The largest absolute Gasteiger partial charge is 0.496 e. The van der Waals surface area contributed by atoms with Crippen LogP contribution in [0.25, 0.3) is 10.9 Å².